The highest BCUT2D eigenvalue weighted by Gasteiger charge is 2.32. The van der Waals surface area contributed by atoms with Crippen molar-refractivity contribution in [2.75, 3.05) is 6.61 Å². The summed E-state index contributed by atoms with van der Waals surface area (Å²) in [5.74, 6) is -2.46. The van der Waals surface area contributed by atoms with Crippen molar-refractivity contribution >= 4 is 23.7 Å². The lowest BCUT2D eigenvalue weighted by Gasteiger charge is -2.25. The SMILES string of the molecule is C=CC(=O)Cc1ccc(OC(=O)C2CCC(C(=O)OCC(=O)O)CC2)cc1. The lowest BCUT2D eigenvalue weighted by molar-refractivity contribution is -0.159. The third kappa shape index (κ3) is 6.36. The van der Waals surface area contributed by atoms with Crippen LogP contribution in [-0.2, 0) is 30.3 Å². The molecule has 1 N–H and O–H groups in total. The van der Waals surface area contributed by atoms with E-state index in [-0.39, 0.29) is 30.0 Å². The molecule has 1 aliphatic rings. The van der Waals surface area contributed by atoms with Gasteiger partial charge in [-0.05, 0) is 49.5 Å². The molecule has 0 atom stereocenters. The van der Waals surface area contributed by atoms with Crippen LogP contribution < -0.4 is 4.74 Å². The second-order valence-corrected chi connectivity index (χ2v) is 6.46. The molecular formula is C20H22O7. The summed E-state index contributed by atoms with van der Waals surface area (Å²) in [7, 11) is 0. The summed E-state index contributed by atoms with van der Waals surface area (Å²) in [5, 5.41) is 8.53. The Balaban J connectivity index is 1.80. The molecule has 7 nitrogen and oxygen atoms in total. The van der Waals surface area contributed by atoms with Crippen LogP contribution in [0.1, 0.15) is 31.2 Å². The first-order chi connectivity index (χ1) is 12.9. The van der Waals surface area contributed by atoms with Crippen molar-refractivity contribution in [3.05, 3.63) is 42.5 Å². The van der Waals surface area contributed by atoms with E-state index in [1.807, 2.05) is 0 Å². The molecule has 1 aromatic carbocycles. The molecule has 0 spiro atoms. The third-order valence-corrected chi connectivity index (χ3v) is 4.48. The van der Waals surface area contributed by atoms with Crippen LogP contribution in [0, 0.1) is 11.8 Å². The molecule has 144 valence electrons. The summed E-state index contributed by atoms with van der Waals surface area (Å²) in [6, 6.07) is 6.72. The average molecular weight is 374 g/mol. The molecule has 0 aliphatic heterocycles. The van der Waals surface area contributed by atoms with Crippen molar-refractivity contribution in [1.29, 1.82) is 0 Å². The number of carbonyl (C=O) groups is 4. The van der Waals surface area contributed by atoms with Gasteiger partial charge in [0.15, 0.2) is 12.4 Å². The van der Waals surface area contributed by atoms with Crippen LogP contribution in [0.2, 0.25) is 0 Å². The van der Waals surface area contributed by atoms with Crippen LogP contribution in [0.5, 0.6) is 5.75 Å². The monoisotopic (exact) mass is 374 g/mol. The van der Waals surface area contributed by atoms with Crippen LogP contribution >= 0.6 is 0 Å². The number of rotatable bonds is 8. The number of ketones is 1. The first kappa shape index (κ1) is 20.4. The van der Waals surface area contributed by atoms with E-state index in [0.717, 1.165) is 5.56 Å². The van der Waals surface area contributed by atoms with E-state index < -0.39 is 18.5 Å². The van der Waals surface area contributed by atoms with Gasteiger partial charge >= 0.3 is 17.9 Å². The lowest BCUT2D eigenvalue weighted by atomic mass is 9.82. The molecule has 0 saturated heterocycles. The largest absolute Gasteiger partial charge is 0.479 e. The zero-order valence-corrected chi connectivity index (χ0v) is 14.9. The minimum atomic E-state index is -1.19. The summed E-state index contributed by atoms with van der Waals surface area (Å²) in [5.41, 5.74) is 0.806. The number of hydrogen-bond acceptors (Lipinski definition) is 6. The summed E-state index contributed by atoms with van der Waals surface area (Å²) in [4.78, 5) is 45.8. The molecule has 27 heavy (non-hydrogen) atoms. The van der Waals surface area contributed by atoms with Gasteiger partial charge in [0.2, 0.25) is 0 Å². The number of ether oxygens (including phenoxy) is 2. The Morgan fingerprint density at radius 2 is 1.56 bits per heavy atom. The molecule has 1 saturated carbocycles. The second kappa shape index (κ2) is 9.66. The Kier molecular flexibility index (Phi) is 7.28. The average Bonchev–Trinajstić information content (AvgIpc) is 2.67. The standard InChI is InChI=1S/C20H22O7/c1-2-16(21)11-13-3-9-17(10-4-13)27-20(25)15-7-5-14(6-8-15)19(24)26-12-18(22)23/h2-4,9-10,14-15H,1,5-8,11-12H2,(H,22,23). The minimum Gasteiger partial charge on any atom is -0.479 e. The summed E-state index contributed by atoms with van der Waals surface area (Å²) >= 11 is 0. The smallest absolute Gasteiger partial charge is 0.341 e. The van der Waals surface area contributed by atoms with Crippen molar-refractivity contribution in [3.8, 4) is 5.75 Å². The number of carboxylic acid groups (broad SMARTS) is 1. The van der Waals surface area contributed by atoms with Crippen molar-refractivity contribution in [3.63, 3.8) is 0 Å². The van der Waals surface area contributed by atoms with Gasteiger partial charge in [-0.1, -0.05) is 18.7 Å². The van der Waals surface area contributed by atoms with E-state index in [2.05, 4.69) is 6.58 Å². The van der Waals surface area contributed by atoms with Gasteiger partial charge in [-0.25, -0.2) is 4.79 Å². The van der Waals surface area contributed by atoms with Gasteiger partial charge in [-0.2, -0.15) is 0 Å². The zero-order valence-electron chi connectivity index (χ0n) is 14.9. The molecule has 0 aromatic heterocycles. The zero-order chi connectivity index (χ0) is 19.8. The Labute approximate surface area is 157 Å². The van der Waals surface area contributed by atoms with Crippen molar-refractivity contribution < 1.29 is 33.8 Å². The van der Waals surface area contributed by atoms with E-state index in [4.69, 9.17) is 14.6 Å². The third-order valence-electron chi connectivity index (χ3n) is 4.48. The molecule has 0 heterocycles. The van der Waals surface area contributed by atoms with E-state index in [9.17, 15) is 19.2 Å². The number of benzene rings is 1. The molecule has 7 heteroatoms. The van der Waals surface area contributed by atoms with Gasteiger partial charge in [0.1, 0.15) is 5.75 Å². The predicted molar refractivity (Wildman–Crippen MR) is 95.0 cm³/mol. The summed E-state index contributed by atoms with van der Waals surface area (Å²) < 4.78 is 10.1. The van der Waals surface area contributed by atoms with Crippen LogP contribution in [0.15, 0.2) is 36.9 Å². The highest BCUT2D eigenvalue weighted by atomic mass is 16.6. The number of carboxylic acids is 1. The van der Waals surface area contributed by atoms with Gasteiger partial charge in [-0.15, -0.1) is 0 Å². The molecular weight excluding hydrogens is 352 g/mol. The molecule has 1 aromatic rings. The number of esters is 2. The maximum atomic E-state index is 12.3. The Hall–Kier alpha value is -2.96. The highest BCUT2D eigenvalue weighted by Crippen LogP contribution is 2.31. The second-order valence-electron chi connectivity index (χ2n) is 6.46. The van der Waals surface area contributed by atoms with Crippen molar-refractivity contribution in [2.45, 2.75) is 32.1 Å². The number of aliphatic carboxylic acids is 1. The predicted octanol–water partition coefficient (Wildman–Crippen LogP) is 2.32. The van der Waals surface area contributed by atoms with Crippen LogP contribution in [0.3, 0.4) is 0 Å². The maximum absolute atomic E-state index is 12.3. The number of allylic oxidation sites excluding steroid dienone is 1. The Morgan fingerprint density at radius 3 is 2.07 bits per heavy atom. The fourth-order valence-electron chi connectivity index (χ4n) is 2.96. The molecule has 0 unspecified atom stereocenters. The summed E-state index contributed by atoms with van der Waals surface area (Å²) in [6.07, 6.45) is 3.40. The van der Waals surface area contributed by atoms with Gasteiger partial charge in [0.05, 0.1) is 11.8 Å². The molecule has 2 rings (SSSR count). The van der Waals surface area contributed by atoms with Gasteiger partial charge < -0.3 is 14.6 Å². The summed E-state index contributed by atoms with van der Waals surface area (Å²) in [6.45, 7) is 2.78. The molecule has 0 bridgehead atoms. The Morgan fingerprint density at radius 1 is 1.00 bits per heavy atom. The highest BCUT2D eigenvalue weighted by molar-refractivity contribution is 5.90. The molecule has 1 fully saturated rings. The minimum absolute atomic E-state index is 0.0848. The number of carbonyl (C=O) groups excluding carboxylic acids is 3. The molecule has 1 aliphatic carbocycles. The fourth-order valence-corrected chi connectivity index (χ4v) is 2.96. The van der Waals surface area contributed by atoms with E-state index in [1.54, 1.807) is 24.3 Å². The van der Waals surface area contributed by atoms with E-state index in [1.165, 1.54) is 6.08 Å². The quantitative estimate of drug-likeness (QED) is 0.423. The van der Waals surface area contributed by atoms with E-state index >= 15 is 0 Å². The Bertz CT molecular complexity index is 712. The topological polar surface area (TPSA) is 107 Å². The molecule has 0 amide bonds. The first-order valence-corrected chi connectivity index (χ1v) is 8.73. The van der Waals surface area contributed by atoms with Crippen molar-refractivity contribution in [1.82, 2.24) is 0 Å². The number of hydrogen-bond donors (Lipinski definition) is 1. The van der Waals surface area contributed by atoms with Crippen LogP contribution in [-0.4, -0.2) is 35.4 Å². The molecule has 0 radical (unpaired) electrons. The van der Waals surface area contributed by atoms with E-state index in [0.29, 0.717) is 31.4 Å². The fraction of sp³-hybridized carbons (Fsp3) is 0.400. The first-order valence-electron chi connectivity index (χ1n) is 8.73. The van der Waals surface area contributed by atoms with Crippen LogP contribution in [0.4, 0.5) is 0 Å². The normalized spacial score (nSPS) is 19.0. The van der Waals surface area contributed by atoms with Gasteiger partial charge in [0.25, 0.3) is 0 Å². The lowest BCUT2D eigenvalue weighted by Crippen LogP contribution is -2.30. The van der Waals surface area contributed by atoms with Gasteiger partial charge in [-0.3, -0.25) is 14.4 Å². The maximum Gasteiger partial charge on any atom is 0.341 e. The van der Waals surface area contributed by atoms with Crippen molar-refractivity contribution in [2.24, 2.45) is 11.8 Å². The van der Waals surface area contributed by atoms with Gasteiger partial charge in [0, 0.05) is 6.42 Å². The van der Waals surface area contributed by atoms with Crippen LogP contribution in [0.25, 0.3) is 0 Å².